The van der Waals surface area contributed by atoms with Crippen LogP contribution >= 0.6 is 0 Å². The van der Waals surface area contributed by atoms with Gasteiger partial charge in [-0.2, -0.15) is 0 Å². The van der Waals surface area contributed by atoms with Crippen molar-refractivity contribution in [2.45, 2.75) is 0 Å². The number of hydrogen-bond donors (Lipinski definition) is 0. The summed E-state index contributed by atoms with van der Waals surface area (Å²) >= 11 is 0. The Morgan fingerprint density at radius 3 is 1.38 bits per heavy atom. The molecule has 0 saturated carbocycles. The van der Waals surface area contributed by atoms with E-state index in [1.165, 1.54) is 0 Å². The standard InChI is InChI=1S/CH2O3.Co.HNO2/c2-1(3)4;;2-1-3/h(H2,2,3,4);;(H,2,3)/q;+3;/p-3. The molecule has 0 rings (SSSR count). The molecule has 48 valence electrons. The van der Waals surface area contributed by atoms with E-state index in [0.29, 0.717) is 0 Å². The molecule has 0 fully saturated rings. The molecule has 0 aliphatic carbocycles. The molecular formula is CCoNO5. The van der Waals surface area contributed by atoms with E-state index in [1.54, 1.807) is 0 Å². The largest absolute Gasteiger partial charge is 3.00 e. The van der Waals surface area contributed by atoms with Gasteiger partial charge in [0.1, 0.15) is 0 Å². The van der Waals surface area contributed by atoms with Crippen molar-refractivity contribution in [3.63, 3.8) is 0 Å². The van der Waals surface area contributed by atoms with Gasteiger partial charge in [0, 0.05) is 0 Å². The van der Waals surface area contributed by atoms with E-state index in [9.17, 15) is 0 Å². The molecule has 0 aromatic heterocycles. The topological polar surface area (TPSA) is 116 Å². The van der Waals surface area contributed by atoms with Crippen molar-refractivity contribution in [3.8, 4) is 0 Å². The minimum Gasteiger partial charge on any atom is -0.652 e. The maximum absolute atomic E-state index is 8.33. The third-order valence-corrected chi connectivity index (χ3v) is 0. The quantitative estimate of drug-likeness (QED) is 0.298. The molecule has 0 aliphatic heterocycles. The molecule has 0 radical (unpaired) electrons. The molecule has 0 heterocycles. The Morgan fingerprint density at radius 2 is 1.38 bits per heavy atom. The van der Waals surface area contributed by atoms with Gasteiger partial charge in [0.05, 0.1) is 0 Å². The number of carboxylic acid groups (broad SMARTS) is 2. The average molecular weight is 165 g/mol. The third kappa shape index (κ3) is 133. The van der Waals surface area contributed by atoms with Crippen LogP contribution in [0.1, 0.15) is 0 Å². The minimum atomic E-state index is -2.33. The summed E-state index contributed by atoms with van der Waals surface area (Å²) in [7, 11) is 0. The maximum Gasteiger partial charge on any atom is 3.00 e. The first-order valence-corrected chi connectivity index (χ1v) is 0.978. The van der Waals surface area contributed by atoms with Gasteiger partial charge in [0.2, 0.25) is 0 Å². The van der Waals surface area contributed by atoms with Crippen LogP contribution in [0.2, 0.25) is 0 Å². The fourth-order valence-corrected chi connectivity index (χ4v) is 0. The van der Waals surface area contributed by atoms with E-state index in [2.05, 4.69) is 0 Å². The van der Waals surface area contributed by atoms with Gasteiger partial charge in [-0.25, -0.2) is 0 Å². The van der Waals surface area contributed by atoms with Crippen LogP contribution in [0, 0.1) is 10.1 Å². The molecule has 6 nitrogen and oxygen atoms in total. The summed E-state index contributed by atoms with van der Waals surface area (Å²) in [6, 6.07) is 0. The van der Waals surface area contributed by atoms with Crippen molar-refractivity contribution in [1.29, 1.82) is 0 Å². The summed E-state index contributed by atoms with van der Waals surface area (Å²) in [5.41, 5.74) is 0. The Labute approximate surface area is 54.3 Å². The molecule has 0 aromatic carbocycles. The zero-order valence-electron chi connectivity index (χ0n) is 3.32. The Balaban J connectivity index is -0.0000000575. The van der Waals surface area contributed by atoms with Crippen LogP contribution in [0.3, 0.4) is 0 Å². The second kappa shape index (κ2) is 16.4. The molecule has 0 saturated heterocycles. The van der Waals surface area contributed by atoms with E-state index >= 15 is 0 Å². The Kier molecular flexibility index (Phi) is 32.2. The Morgan fingerprint density at radius 1 is 1.38 bits per heavy atom. The van der Waals surface area contributed by atoms with Crippen molar-refractivity contribution in [3.05, 3.63) is 10.1 Å². The molecule has 0 unspecified atom stereocenters. The molecule has 0 bridgehead atoms. The number of carbonyl (C=O) groups is 1. The summed E-state index contributed by atoms with van der Waals surface area (Å²) in [5, 5.41) is 25.7. The summed E-state index contributed by atoms with van der Waals surface area (Å²) in [6.45, 7) is 0. The predicted octanol–water partition coefficient (Wildman–Crippen LogP) is -2.20. The molecular weight excluding hydrogens is 165 g/mol. The first-order valence-electron chi connectivity index (χ1n) is 0.978. The van der Waals surface area contributed by atoms with Crippen LogP contribution in [0.4, 0.5) is 4.79 Å². The molecule has 0 N–H and O–H groups in total. The summed E-state index contributed by atoms with van der Waals surface area (Å²) in [6.07, 6.45) is -2.33. The van der Waals surface area contributed by atoms with Crippen molar-refractivity contribution in [2.24, 2.45) is 5.34 Å². The third-order valence-electron chi connectivity index (χ3n) is 0. The van der Waals surface area contributed by atoms with Crippen LogP contribution in [0.25, 0.3) is 0 Å². The second-order valence-corrected chi connectivity index (χ2v) is 0.325. The molecule has 8 heavy (non-hydrogen) atoms. The number of hydrogen-bond acceptors (Lipinski definition) is 6. The van der Waals surface area contributed by atoms with E-state index in [1.807, 2.05) is 0 Å². The van der Waals surface area contributed by atoms with Gasteiger partial charge < -0.3 is 25.1 Å². The number of carbonyl (C=O) groups excluding carboxylic acids is 1. The van der Waals surface area contributed by atoms with Gasteiger partial charge in [-0.3, -0.25) is 0 Å². The van der Waals surface area contributed by atoms with Crippen LogP contribution in [-0.4, -0.2) is 6.16 Å². The predicted molar refractivity (Wildman–Crippen MR) is 14.6 cm³/mol. The van der Waals surface area contributed by atoms with Crippen molar-refractivity contribution >= 4 is 6.16 Å². The monoisotopic (exact) mass is 165 g/mol. The van der Waals surface area contributed by atoms with E-state index in [0.717, 1.165) is 5.34 Å². The zero-order chi connectivity index (χ0) is 6.28. The van der Waals surface area contributed by atoms with Gasteiger partial charge in [-0.05, 0) is 6.16 Å². The Hall–Kier alpha value is -0.824. The average Bonchev–Trinajstić information content (AvgIpc) is 1.33. The molecule has 0 aromatic rings. The summed E-state index contributed by atoms with van der Waals surface area (Å²) < 4.78 is 0. The molecule has 0 spiro atoms. The number of nitrogens with zero attached hydrogens (tertiary/aromatic N) is 1. The minimum absolute atomic E-state index is 0. The van der Waals surface area contributed by atoms with Gasteiger partial charge in [0.25, 0.3) is 0 Å². The summed E-state index contributed by atoms with van der Waals surface area (Å²) in [5.74, 6) is 0. The Bertz CT molecular complexity index is 59.4. The SMILES string of the molecule is O=C([O-])[O-].O=N[O-].[Co+3]. The van der Waals surface area contributed by atoms with E-state index < -0.39 is 6.16 Å². The molecule has 0 amide bonds. The smallest absolute Gasteiger partial charge is 0.652 e. The van der Waals surface area contributed by atoms with Crippen LogP contribution in [-0.2, 0) is 16.8 Å². The zero-order valence-corrected chi connectivity index (χ0v) is 4.36. The van der Waals surface area contributed by atoms with Gasteiger partial charge in [-0.1, -0.05) is 0 Å². The molecule has 0 aliphatic rings. The second-order valence-electron chi connectivity index (χ2n) is 0.325. The first-order chi connectivity index (χ1) is 3.15. The van der Waals surface area contributed by atoms with Gasteiger partial charge in [-0.15, -0.1) is 5.34 Å². The van der Waals surface area contributed by atoms with Gasteiger partial charge in [0.15, 0.2) is 0 Å². The fraction of sp³-hybridized carbons (Fsp3) is 0. The van der Waals surface area contributed by atoms with Gasteiger partial charge >= 0.3 is 16.8 Å². The van der Waals surface area contributed by atoms with Crippen LogP contribution in [0.5, 0.6) is 0 Å². The van der Waals surface area contributed by atoms with E-state index in [4.69, 9.17) is 25.1 Å². The maximum atomic E-state index is 8.33. The molecule has 7 heteroatoms. The number of rotatable bonds is 0. The normalized spacial score (nSPS) is 4.50. The van der Waals surface area contributed by atoms with Crippen molar-refractivity contribution in [2.75, 3.05) is 0 Å². The first kappa shape index (κ1) is 15.7. The van der Waals surface area contributed by atoms with E-state index in [-0.39, 0.29) is 16.8 Å². The van der Waals surface area contributed by atoms with Crippen molar-refractivity contribution < 1.29 is 31.8 Å². The van der Waals surface area contributed by atoms with Crippen LogP contribution in [0.15, 0.2) is 5.34 Å². The molecule has 0 atom stereocenters. The van der Waals surface area contributed by atoms with Crippen molar-refractivity contribution in [1.82, 2.24) is 0 Å². The fourth-order valence-electron chi connectivity index (χ4n) is 0. The summed E-state index contributed by atoms with van der Waals surface area (Å²) in [4.78, 5) is 16.3. The van der Waals surface area contributed by atoms with Crippen LogP contribution < -0.4 is 10.2 Å².